The number of esters is 1. The molecule has 0 spiro atoms. The van der Waals surface area contributed by atoms with Crippen LogP contribution in [0.15, 0.2) is 51.4 Å². The first-order valence-corrected chi connectivity index (χ1v) is 10.3. The Morgan fingerprint density at radius 3 is 2.76 bits per heavy atom. The molecule has 2 heterocycles. The molecule has 0 aliphatic carbocycles. The lowest BCUT2D eigenvalue weighted by Gasteiger charge is -2.07. The maximum atomic E-state index is 12.0. The molecule has 3 rings (SSSR count). The second-order valence-corrected chi connectivity index (χ2v) is 7.91. The van der Waals surface area contributed by atoms with Gasteiger partial charge < -0.3 is 9.30 Å². The van der Waals surface area contributed by atoms with E-state index in [0.717, 1.165) is 32.4 Å². The number of thiophene rings is 1. The van der Waals surface area contributed by atoms with Gasteiger partial charge in [-0.1, -0.05) is 45.9 Å². The number of benzene rings is 1. The highest BCUT2D eigenvalue weighted by Gasteiger charge is 2.15. The third-order valence-electron chi connectivity index (χ3n) is 3.41. The minimum Gasteiger partial charge on any atom is -0.460 e. The SMILES string of the molecule is CCn1c(SCC(=O)OCc2ccc(Br)cc2)nnc1-c1cccs1. The maximum Gasteiger partial charge on any atom is 0.316 e. The standard InChI is InChI=1S/C17H16BrN3O2S2/c1-2-21-16(14-4-3-9-24-14)19-20-17(21)25-11-15(22)23-10-12-5-7-13(18)8-6-12/h3-9H,2,10-11H2,1H3. The van der Waals surface area contributed by atoms with E-state index in [1.807, 2.05) is 53.3 Å². The first-order valence-electron chi connectivity index (χ1n) is 7.67. The zero-order valence-corrected chi connectivity index (χ0v) is 16.7. The lowest BCUT2D eigenvalue weighted by Crippen LogP contribution is -2.08. The zero-order valence-electron chi connectivity index (χ0n) is 13.5. The van der Waals surface area contributed by atoms with Gasteiger partial charge in [-0.3, -0.25) is 4.79 Å². The van der Waals surface area contributed by atoms with E-state index in [9.17, 15) is 4.79 Å². The number of halogens is 1. The third kappa shape index (κ3) is 4.71. The number of nitrogens with zero attached hydrogens (tertiary/aromatic N) is 3. The number of thioether (sulfide) groups is 1. The van der Waals surface area contributed by atoms with Crippen molar-refractivity contribution in [2.45, 2.75) is 25.2 Å². The van der Waals surface area contributed by atoms with Crippen molar-refractivity contribution in [2.24, 2.45) is 0 Å². The molecule has 25 heavy (non-hydrogen) atoms. The second kappa shape index (κ2) is 8.64. The molecule has 130 valence electrons. The van der Waals surface area contributed by atoms with E-state index in [1.54, 1.807) is 11.3 Å². The van der Waals surface area contributed by atoms with Crippen molar-refractivity contribution in [3.63, 3.8) is 0 Å². The van der Waals surface area contributed by atoms with Gasteiger partial charge in [0.05, 0.1) is 10.6 Å². The summed E-state index contributed by atoms with van der Waals surface area (Å²) in [5.74, 6) is 0.776. The van der Waals surface area contributed by atoms with Crippen LogP contribution in [0.25, 0.3) is 10.7 Å². The van der Waals surface area contributed by atoms with Crippen molar-refractivity contribution in [3.8, 4) is 10.7 Å². The molecular weight excluding hydrogens is 422 g/mol. The van der Waals surface area contributed by atoms with Gasteiger partial charge in [-0.2, -0.15) is 0 Å². The Bertz CT molecular complexity index is 832. The summed E-state index contributed by atoms with van der Waals surface area (Å²) in [4.78, 5) is 13.1. The highest BCUT2D eigenvalue weighted by molar-refractivity contribution is 9.10. The van der Waals surface area contributed by atoms with Crippen LogP contribution >= 0.6 is 39.0 Å². The van der Waals surface area contributed by atoms with Gasteiger partial charge in [0.15, 0.2) is 11.0 Å². The fraction of sp³-hybridized carbons (Fsp3) is 0.235. The highest BCUT2D eigenvalue weighted by atomic mass is 79.9. The van der Waals surface area contributed by atoms with E-state index in [4.69, 9.17) is 4.74 Å². The summed E-state index contributed by atoms with van der Waals surface area (Å²) >= 11 is 6.35. The fourth-order valence-corrected chi connectivity index (χ4v) is 3.96. The predicted molar refractivity (Wildman–Crippen MR) is 104 cm³/mol. The number of rotatable bonds is 7. The molecule has 0 atom stereocenters. The van der Waals surface area contributed by atoms with Crippen LogP contribution in [0.4, 0.5) is 0 Å². The van der Waals surface area contributed by atoms with Crippen LogP contribution < -0.4 is 0 Å². The minimum absolute atomic E-state index is 0.207. The molecule has 0 unspecified atom stereocenters. The molecule has 0 amide bonds. The molecule has 3 aromatic rings. The van der Waals surface area contributed by atoms with Crippen LogP contribution in [0.3, 0.4) is 0 Å². The Hall–Kier alpha value is -1.64. The Morgan fingerprint density at radius 2 is 2.08 bits per heavy atom. The van der Waals surface area contributed by atoms with E-state index in [1.165, 1.54) is 11.8 Å². The van der Waals surface area contributed by atoms with Crippen molar-refractivity contribution in [1.82, 2.24) is 14.8 Å². The number of ether oxygens (including phenoxy) is 1. The lowest BCUT2D eigenvalue weighted by molar-refractivity contribution is -0.141. The Balaban J connectivity index is 1.56. The van der Waals surface area contributed by atoms with Crippen molar-refractivity contribution in [1.29, 1.82) is 0 Å². The second-order valence-electron chi connectivity index (χ2n) is 5.10. The zero-order chi connectivity index (χ0) is 17.6. The summed E-state index contributed by atoms with van der Waals surface area (Å²) in [6.45, 7) is 3.06. The van der Waals surface area contributed by atoms with Gasteiger partial charge in [0.1, 0.15) is 6.61 Å². The van der Waals surface area contributed by atoms with Crippen LogP contribution in [0.5, 0.6) is 0 Å². The van der Waals surface area contributed by atoms with E-state index >= 15 is 0 Å². The smallest absolute Gasteiger partial charge is 0.316 e. The maximum absolute atomic E-state index is 12.0. The highest BCUT2D eigenvalue weighted by Crippen LogP contribution is 2.27. The summed E-state index contributed by atoms with van der Waals surface area (Å²) in [7, 11) is 0. The number of hydrogen-bond acceptors (Lipinski definition) is 6. The summed E-state index contributed by atoms with van der Waals surface area (Å²) in [5, 5.41) is 11.2. The summed E-state index contributed by atoms with van der Waals surface area (Å²) < 4.78 is 8.32. The average Bonchev–Trinajstić information content (AvgIpc) is 3.28. The van der Waals surface area contributed by atoms with E-state index < -0.39 is 0 Å². The van der Waals surface area contributed by atoms with Crippen molar-refractivity contribution in [3.05, 3.63) is 51.8 Å². The quantitative estimate of drug-likeness (QED) is 0.398. The van der Waals surface area contributed by atoms with E-state index in [0.29, 0.717) is 0 Å². The average molecular weight is 438 g/mol. The Kier molecular flexibility index (Phi) is 6.28. The lowest BCUT2D eigenvalue weighted by atomic mass is 10.2. The Morgan fingerprint density at radius 1 is 1.28 bits per heavy atom. The normalized spacial score (nSPS) is 10.8. The molecule has 0 saturated heterocycles. The fourth-order valence-electron chi connectivity index (χ4n) is 2.18. The van der Waals surface area contributed by atoms with Gasteiger partial charge >= 0.3 is 5.97 Å². The summed E-state index contributed by atoms with van der Waals surface area (Å²) in [5.41, 5.74) is 0.957. The van der Waals surface area contributed by atoms with Crippen molar-refractivity contribution < 1.29 is 9.53 Å². The van der Waals surface area contributed by atoms with Crippen LogP contribution in [0.2, 0.25) is 0 Å². The predicted octanol–water partition coefficient (Wildman–Crippen LogP) is 4.62. The van der Waals surface area contributed by atoms with Gasteiger partial charge in [0, 0.05) is 11.0 Å². The van der Waals surface area contributed by atoms with Crippen LogP contribution in [-0.2, 0) is 22.7 Å². The molecule has 0 aliphatic rings. The van der Waals surface area contributed by atoms with Gasteiger partial charge in [0.25, 0.3) is 0 Å². The molecule has 8 heteroatoms. The molecule has 2 aromatic heterocycles. The molecule has 0 radical (unpaired) electrons. The minimum atomic E-state index is -0.267. The Labute approximate surface area is 162 Å². The number of hydrogen-bond donors (Lipinski definition) is 0. The van der Waals surface area contributed by atoms with Crippen LogP contribution in [0, 0.1) is 0 Å². The van der Waals surface area contributed by atoms with Gasteiger partial charge in [-0.05, 0) is 36.1 Å². The van der Waals surface area contributed by atoms with Crippen LogP contribution in [-0.4, -0.2) is 26.5 Å². The largest absolute Gasteiger partial charge is 0.460 e. The molecule has 0 saturated carbocycles. The topological polar surface area (TPSA) is 57.0 Å². The molecule has 1 aromatic carbocycles. The van der Waals surface area contributed by atoms with Crippen molar-refractivity contribution in [2.75, 3.05) is 5.75 Å². The summed E-state index contributed by atoms with van der Waals surface area (Å²) in [6, 6.07) is 11.7. The monoisotopic (exact) mass is 437 g/mol. The van der Waals surface area contributed by atoms with Gasteiger partial charge in [-0.15, -0.1) is 21.5 Å². The first-order chi connectivity index (χ1) is 12.2. The first kappa shape index (κ1) is 18.2. The van der Waals surface area contributed by atoms with E-state index in [-0.39, 0.29) is 18.3 Å². The van der Waals surface area contributed by atoms with Gasteiger partial charge in [0.2, 0.25) is 0 Å². The number of aromatic nitrogens is 3. The summed E-state index contributed by atoms with van der Waals surface area (Å²) in [6.07, 6.45) is 0. The molecule has 0 N–H and O–H groups in total. The molecule has 0 bridgehead atoms. The third-order valence-corrected chi connectivity index (χ3v) is 5.74. The van der Waals surface area contributed by atoms with Crippen LogP contribution in [0.1, 0.15) is 12.5 Å². The molecule has 0 fully saturated rings. The number of carbonyl (C=O) groups is 1. The molecule has 0 aliphatic heterocycles. The number of carbonyl (C=O) groups excluding carboxylic acids is 1. The molecule has 5 nitrogen and oxygen atoms in total. The van der Waals surface area contributed by atoms with Gasteiger partial charge in [-0.25, -0.2) is 0 Å². The van der Waals surface area contributed by atoms with E-state index in [2.05, 4.69) is 26.1 Å². The van der Waals surface area contributed by atoms with Crippen molar-refractivity contribution >= 4 is 45.0 Å². The molecular formula is C17H16BrN3O2S2.